The molecule has 6 heteroatoms. The zero-order chi connectivity index (χ0) is 21.5. The van der Waals surface area contributed by atoms with Gasteiger partial charge in [-0.05, 0) is 53.3 Å². The number of aliphatic hydroxyl groups is 1. The summed E-state index contributed by atoms with van der Waals surface area (Å²) in [7, 11) is 0. The van der Waals surface area contributed by atoms with E-state index in [1.807, 2.05) is 60.8 Å². The third kappa shape index (κ3) is 3.33. The van der Waals surface area contributed by atoms with Gasteiger partial charge in [-0.1, -0.05) is 30.3 Å². The Labute approximate surface area is 184 Å². The van der Waals surface area contributed by atoms with Crippen LogP contribution in [0.5, 0.6) is 5.75 Å². The van der Waals surface area contributed by atoms with Crippen molar-refractivity contribution in [3.8, 4) is 5.75 Å². The van der Waals surface area contributed by atoms with Crippen molar-refractivity contribution >= 4 is 28.8 Å². The number of ether oxygens (including phenoxy) is 1. The van der Waals surface area contributed by atoms with Gasteiger partial charge < -0.3 is 14.7 Å². The number of fused-ring (bicyclic) bond motifs is 1. The minimum atomic E-state index is -0.654. The van der Waals surface area contributed by atoms with E-state index in [9.17, 15) is 14.7 Å². The highest BCUT2D eigenvalue weighted by atomic mass is 32.1. The average Bonchev–Trinajstić information content (AvgIpc) is 3.50. The van der Waals surface area contributed by atoms with Gasteiger partial charge in [-0.15, -0.1) is 11.3 Å². The van der Waals surface area contributed by atoms with Crippen molar-refractivity contribution in [1.82, 2.24) is 4.90 Å². The molecule has 0 saturated carbocycles. The van der Waals surface area contributed by atoms with E-state index >= 15 is 0 Å². The number of carbonyl (C=O) groups excluding carboxylic acids is 2. The molecule has 156 valence electrons. The van der Waals surface area contributed by atoms with Gasteiger partial charge in [-0.25, -0.2) is 0 Å². The van der Waals surface area contributed by atoms with Crippen LogP contribution in [0.3, 0.4) is 0 Å². The van der Waals surface area contributed by atoms with Crippen LogP contribution in [-0.4, -0.2) is 28.3 Å². The fourth-order valence-electron chi connectivity index (χ4n) is 4.32. The molecule has 5 rings (SSSR count). The molecule has 2 aromatic carbocycles. The summed E-state index contributed by atoms with van der Waals surface area (Å²) in [4.78, 5) is 28.8. The number of nitrogens with zero attached hydrogens (tertiary/aromatic N) is 1. The van der Waals surface area contributed by atoms with Gasteiger partial charge in [-0.3, -0.25) is 9.59 Å². The molecule has 1 saturated heterocycles. The van der Waals surface area contributed by atoms with Crippen molar-refractivity contribution in [2.24, 2.45) is 0 Å². The van der Waals surface area contributed by atoms with E-state index in [0.29, 0.717) is 18.7 Å². The summed E-state index contributed by atoms with van der Waals surface area (Å²) in [6, 6.07) is 16.3. The largest absolute Gasteiger partial charge is 0.507 e. The molecule has 1 N–H and O–H groups in total. The molecule has 2 aliphatic heterocycles. The van der Waals surface area contributed by atoms with Crippen LogP contribution in [0.1, 0.15) is 33.2 Å². The van der Waals surface area contributed by atoms with Crippen LogP contribution in [0, 0.1) is 6.92 Å². The van der Waals surface area contributed by atoms with Crippen molar-refractivity contribution in [2.45, 2.75) is 25.9 Å². The van der Waals surface area contributed by atoms with Crippen LogP contribution in [0.25, 0.3) is 5.76 Å². The quantitative estimate of drug-likeness (QED) is 0.372. The number of rotatable bonds is 4. The maximum atomic E-state index is 13.2. The second-order valence-electron chi connectivity index (χ2n) is 7.78. The summed E-state index contributed by atoms with van der Waals surface area (Å²) in [6.07, 6.45) is 0.754. The molecule has 0 spiro atoms. The smallest absolute Gasteiger partial charge is 0.295 e. The van der Waals surface area contributed by atoms with Crippen molar-refractivity contribution in [3.05, 3.63) is 92.7 Å². The number of aryl methyl sites for hydroxylation is 1. The molecule has 0 bridgehead atoms. The Bertz CT molecular complexity index is 1210. The first kappa shape index (κ1) is 19.6. The number of hydrogen-bond acceptors (Lipinski definition) is 5. The van der Waals surface area contributed by atoms with Crippen LogP contribution >= 0.6 is 11.3 Å². The van der Waals surface area contributed by atoms with Crippen LogP contribution in [0.2, 0.25) is 0 Å². The highest BCUT2D eigenvalue weighted by molar-refractivity contribution is 7.09. The van der Waals surface area contributed by atoms with E-state index in [4.69, 9.17) is 4.74 Å². The minimum Gasteiger partial charge on any atom is -0.507 e. The molecule has 0 radical (unpaired) electrons. The Hall–Kier alpha value is -3.38. The molecular weight excluding hydrogens is 410 g/mol. The lowest BCUT2D eigenvalue weighted by Gasteiger charge is -2.26. The first-order valence-corrected chi connectivity index (χ1v) is 11.0. The molecule has 2 aliphatic rings. The van der Waals surface area contributed by atoms with Gasteiger partial charge in [0.2, 0.25) is 0 Å². The van der Waals surface area contributed by atoms with Crippen molar-refractivity contribution in [2.75, 3.05) is 6.61 Å². The predicted molar refractivity (Wildman–Crippen MR) is 119 cm³/mol. The van der Waals surface area contributed by atoms with Gasteiger partial charge in [-0.2, -0.15) is 0 Å². The molecular formula is C25H21NO4S. The summed E-state index contributed by atoms with van der Waals surface area (Å²) < 4.78 is 5.55. The SMILES string of the molecule is Cc1ccccc1C1/C(=C(\O)c2ccc3c(c2)CCO3)C(=O)C(=O)N1Cc1cccs1. The predicted octanol–water partition coefficient (Wildman–Crippen LogP) is 4.61. The molecule has 31 heavy (non-hydrogen) atoms. The number of thiophene rings is 1. The fraction of sp³-hybridized carbons (Fsp3) is 0.200. The zero-order valence-electron chi connectivity index (χ0n) is 17.0. The van der Waals surface area contributed by atoms with Crippen molar-refractivity contribution in [1.29, 1.82) is 0 Å². The zero-order valence-corrected chi connectivity index (χ0v) is 17.8. The van der Waals surface area contributed by atoms with Gasteiger partial charge in [0.1, 0.15) is 11.5 Å². The highest BCUT2D eigenvalue weighted by Crippen LogP contribution is 2.42. The van der Waals surface area contributed by atoms with Gasteiger partial charge in [0.25, 0.3) is 11.7 Å². The Morgan fingerprint density at radius 3 is 2.77 bits per heavy atom. The molecule has 3 heterocycles. The van der Waals surface area contributed by atoms with Crippen LogP contribution in [0.15, 0.2) is 65.6 Å². The van der Waals surface area contributed by atoms with Gasteiger partial charge in [0.15, 0.2) is 0 Å². The number of amides is 1. The summed E-state index contributed by atoms with van der Waals surface area (Å²) in [5.74, 6) is -0.591. The van der Waals surface area contributed by atoms with E-state index < -0.39 is 17.7 Å². The second-order valence-corrected chi connectivity index (χ2v) is 8.82. The maximum absolute atomic E-state index is 13.2. The lowest BCUT2D eigenvalue weighted by Crippen LogP contribution is -2.29. The third-order valence-corrected chi connectivity index (χ3v) is 6.75. The van der Waals surface area contributed by atoms with Gasteiger partial charge >= 0.3 is 0 Å². The van der Waals surface area contributed by atoms with Gasteiger partial charge in [0.05, 0.1) is 24.8 Å². The minimum absolute atomic E-state index is 0.134. The maximum Gasteiger partial charge on any atom is 0.295 e. The fourth-order valence-corrected chi connectivity index (χ4v) is 5.02. The molecule has 5 nitrogen and oxygen atoms in total. The Balaban J connectivity index is 1.66. The number of ketones is 1. The summed E-state index contributed by atoms with van der Waals surface area (Å²) in [5, 5.41) is 13.2. The average molecular weight is 432 g/mol. The second kappa shape index (κ2) is 7.71. The third-order valence-electron chi connectivity index (χ3n) is 5.89. The van der Waals surface area contributed by atoms with Crippen LogP contribution in [0.4, 0.5) is 0 Å². The molecule has 1 amide bonds. The van der Waals surface area contributed by atoms with Crippen molar-refractivity contribution < 1.29 is 19.4 Å². The van der Waals surface area contributed by atoms with E-state index in [0.717, 1.165) is 33.7 Å². The molecule has 0 aliphatic carbocycles. The number of Topliss-reactive ketones (excluding diaryl/α,β-unsaturated/α-hetero) is 1. The van der Waals surface area contributed by atoms with Crippen molar-refractivity contribution in [3.63, 3.8) is 0 Å². The lowest BCUT2D eigenvalue weighted by atomic mass is 9.92. The van der Waals surface area contributed by atoms with Crippen LogP contribution in [-0.2, 0) is 22.6 Å². The monoisotopic (exact) mass is 431 g/mol. The number of likely N-dealkylation sites (tertiary alicyclic amines) is 1. The summed E-state index contributed by atoms with van der Waals surface area (Å²) >= 11 is 1.54. The van der Waals surface area contributed by atoms with E-state index in [2.05, 4.69) is 0 Å². The van der Waals surface area contributed by atoms with Crippen LogP contribution < -0.4 is 4.74 Å². The molecule has 1 aromatic heterocycles. The van der Waals surface area contributed by atoms with Gasteiger partial charge in [0, 0.05) is 16.9 Å². The molecule has 3 aromatic rings. The summed E-state index contributed by atoms with van der Waals surface area (Å²) in [6.45, 7) is 2.87. The Morgan fingerprint density at radius 2 is 2.00 bits per heavy atom. The van der Waals surface area contributed by atoms with E-state index in [-0.39, 0.29) is 11.3 Å². The first-order valence-electron chi connectivity index (χ1n) is 10.2. The van der Waals surface area contributed by atoms with E-state index in [1.54, 1.807) is 11.0 Å². The number of benzene rings is 2. The Morgan fingerprint density at radius 1 is 1.16 bits per heavy atom. The normalized spacial score (nSPS) is 19.5. The Kier molecular flexibility index (Phi) is 4.87. The topological polar surface area (TPSA) is 66.8 Å². The lowest BCUT2D eigenvalue weighted by molar-refractivity contribution is -0.140. The number of carbonyl (C=O) groups is 2. The number of hydrogen-bond donors (Lipinski definition) is 1. The standard InChI is InChI=1S/C25H21NO4S/c1-15-5-2-3-7-19(15)22-21(23(27)17-8-9-20-16(13-17)10-11-30-20)24(28)25(29)26(22)14-18-6-4-12-31-18/h2-9,12-13,22,27H,10-11,14H2,1H3/b23-21+. The summed E-state index contributed by atoms with van der Waals surface area (Å²) in [5.41, 5.74) is 3.44. The number of aliphatic hydroxyl groups excluding tert-OH is 1. The van der Waals surface area contributed by atoms with E-state index in [1.165, 1.54) is 11.3 Å². The first-order chi connectivity index (χ1) is 15.0. The molecule has 1 fully saturated rings. The molecule has 1 atom stereocenters. The molecule has 1 unspecified atom stereocenters. The highest BCUT2D eigenvalue weighted by Gasteiger charge is 2.46.